The Balaban J connectivity index is 3.86. The van der Waals surface area contributed by atoms with E-state index in [-0.39, 0.29) is 6.04 Å². The Kier molecular flexibility index (Phi) is 8.27. The summed E-state index contributed by atoms with van der Waals surface area (Å²) in [4.78, 5) is 20.3. The lowest BCUT2D eigenvalue weighted by atomic mass is 10.1. The molecular formula is C10H21NO4. The lowest BCUT2D eigenvalue weighted by molar-refractivity contribution is -0.294. The van der Waals surface area contributed by atoms with Gasteiger partial charge in [0.05, 0.1) is 13.2 Å². The molecule has 5 heteroatoms. The van der Waals surface area contributed by atoms with Gasteiger partial charge in [-0.3, -0.25) is 10.1 Å². The van der Waals surface area contributed by atoms with Crippen LogP contribution in [-0.4, -0.2) is 36.4 Å². The molecule has 0 aromatic rings. The molecule has 90 valence electrons. The van der Waals surface area contributed by atoms with Gasteiger partial charge in [0.15, 0.2) is 0 Å². The summed E-state index contributed by atoms with van der Waals surface area (Å²) in [6, 6.07) is -0.542. The lowest BCUT2D eigenvalue weighted by Crippen LogP contribution is -2.43. The lowest BCUT2D eigenvalue weighted by Gasteiger charge is -2.19. The SMILES string of the molecule is CCC[C@@H](COOCC)N[C@@H](C)C(=O)O. The van der Waals surface area contributed by atoms with Crippen LogP contribution in [0, 0.1) is 0 Å². The van der Waals surface area contributed by atoms with Gasteiger partial charge in [0.25, 0.3) is 0 Å². The topological polar surface area (TPSA) is 67.8 Å². The van der Waals surface area contributed by atoms with Crippen molar-refractivity contribution in [3.63, 3.8) is 0 Å². The fourth-order valence-corrected chi connectivity index (χ4v) is 1.20. The molecule has 2 atom stereocenters. The number of carboxylic acids is 1. The van der Waals surface area contributed by atoms with Gasteiger partial charge < -0.3 is 5.11 Å². The van der Waals surface area contributed by atoms with Crippen LogP contribution in [0.1, 0.15) is 33.6 Å². The molecule has 0 radical (unpaired) electrons. The molecular weight excluding hydrogens is 198 g/mol. The molecule has 0 bridgehead atoms. The van der Waals surface area contributed by atoms with E-state index in [0.717, 1.165) is 12.8 Å². The third-order valence-electron chi connectivity index (χ3n) is 1.96. The molecule has 0 spiro atoms. The molecule has 5 nitrogen and oxygen atoms in total. The minimum atomic E-state index is -0.854. The zero-order chi connectivity index (χ0) is 11.7. The zero-order valence-electron chi connectivity index (χ0n) is 9.66. The summed E-state index contributed by atoms with van der Waals surface area (Å²) >= 11 is 0. The summed E-state index contributed by atoms with van der Waals surface area (Å²) in [7, 11) is 0. The van der Waals surface area contributed by atoms with Gasteiger partial charge in [0, 0.05) is 6.04 Å². The highest BCUT2D eigenvalue weighted by Crippen LogP contribution is 2.00. The predicted molar refractivity (Wildman–Crippen MR) is 56.5 cm³/mol. The number of hydrogen-bond acceptors (Lipinski definition) is 4. The van der Waals surface area contributed by atoms with E-state index in [1.165, 1.54) is 0 Å². The minimum absolute atomic E-state index is 0.0210. The predicted octanol–water partition coefficient (Wildman–Crippen LogP) is 1.19. The molecule has 0 aromatic carbocycles. The second-order valence-electron chi connectivity index (χ2n) is 3.40. The van der Waals surface area contributed by atoms with E-state index >= 15 is 0 Å². The average molecular weight is 219 g/mol. The van der Waals surface area contributed by atoms with Crippen molar-refractivity contribution in [2.45, 2.75) is 45.7 Å². The van der Waals surface area contributed by atoms with Gasteiger partial charge in [0.1, 0.15) is 6.04 Å². The summed E-state index contributed by atoms with van der Waals surface area (Å²) in [6.45, 7) is 6.36. The van der Waals surface area contributed by atoms with Crippen LogP contribution < -0.4 is 5.32 Å². The molecule has 15 heavy (non-hydrogen) atoms. The summed E-state index contributed by atoms with van der Waals surface area (Å²) in [5, 5.41) is 11.7. The van der Waals surface area contributed by atoms with Gasteiger partial charge in [-0.15, -0.1) is 0 Å². The van der Waals surface area contributed by atoms with E-state index in [1.807, 2.05) is 13.8 Å². The third kappa shape index (κ3) is 7.30. The van der Waals surface area contributed by atoms with Gasteiger partial charge in [-0.2, -0.15) is 0 Å². The smallest absolute Gasteiger partial charge is 0.320 e. The number of nitrogens with one attached hydrogen (secondary N) is 1. The van der Waals surface area contributed by atoms with Crippen molar-refractivity contribution >= 4 is 5.97 Å². The maximum atomic E-state index is 10.6. The van der Waals surface area contributed by atoms with Gasteiger partial charge in [-0.05, 0) is 20.3 Å². The summed E-state index contributed by atoms with van der Waals surface area (Å²) in [6.07, 6.45) is 1.84. The Hall–Kier alpha value is -0.650. The molecule has 0 amide bonds. The van der Waals surface area contributed by atoms with Crippen molar-refractivity contribution in [2.24, 2.45) is 0 Å². The molecule has 0 heterocycles. The Morgan fingerprint density at radius 3 is 2.53 bits per heavy atom. The van der Waals surface area contributed by atoms with Crippen LogP contribution in [0.25, 0.3) is 0 Å². The molecule has 0 rings (SSSR count). The first-order valence-corrected chi connectivity index (χ1v) is 5.35. The first kappa shape index (κ1) is 14.3. The zero-order valence-corrected chi connectivity index (χ0v) is 9.66. The second kappa shape index (κ2) is 8.64. The normalized spacial score (nSPS) is 14.9. The van der Waals surface area contributed by atoms with Crippen molar-refractivity contribution in [1.29, 1.82) is 0 Å². The van der Waals surface area contributed by atoms with E-state index in [9.17, 15) is 4.79 Å². The molecule has 0 fully saturated rings. The molecule has 0 aliphatic heterocycles. The molecule has 2 N–H and O–H groups in total. The maximum absolute atomic E-state index is 10.6. The van der Waals surface area contributed by atoms with Crippen LogP contribution in [0.4, 0.5) is 0 Å². The highest BCUT2D eigenvalue weighted by Gasteiger charge is 2.16. The number of hydrogen-bond donors (Lipinski definition) is 2. The van der Waals surface area contributed by atoms with Crippen LogP contribution in [0.3, 0.4) is 0 Å². The Labute approximate surface area is 90.7 Å². The second-order valence-corrected chi connectivity index (χ2v) is 3.40. The molecule has 0 unspecified atom stereocenters. The van der Waals surface area contributed by atoms with E-state index in [1.54, 1.807) is 6.92 Å². The Bertz CT molecular complexity index is 175. The van der Waals surface area contributed by atoms with E-state index in [0.29, 0.717) is 13.2 Å². The standard InChI is InChI=1S/C10H21NO4/c1-4-6-9(7-15-14-5-2)11-8(3)10(12)13/h8-9,11H,4-7H2,1-3H3,(H,12,13)/t8-,9-/m0/s1. The fraction of sp³-hybridized carbons (Fsp3) is 0.900. The number of aliphatic carboxylic acids is 1. The van der Waals surface area contributed by atoms with Gasteiger partial charge in [0.2, 0.25) is 0 Å². The minimum Gasteiger partial charge on any atom is -0.480 e. The van der Waals surface area contributed by atoms with Crippen LogP contribution >= 0.6 is 0 Å². The van der Waals surface area contributed by atoms with Crippen LogP contribution in [-0.2, 0) is 14.6 Å². The largest absolute Gasteiger partial charge is 0.480 e. The number of carbonyl (C=O) groups is 1. The van der Waals surface area contributed by atoms with E-state index in [4.69, 9.17) is 14.9 Å². The van der Waals surface area contributed by atoms with Crippen molar-refractivity contribution in [3.05, 3.63) is 0 Å². The van der Waals surface area contributed by atoms with Crippen LogP contribution in [0.5, 0.6) is 0 Å². The molecule has 0 aliphatic rings. The quantitative estimate of drug-likeness (QED) is 0.346. The average Bonchev–Trinajstić information content (AvgIpc) is 2.18. The van der Waals surface area contributed by atoms with Crippen molar-refractivity contribution in [1.82, 2.24) is 5.32 Å². The van der Waals surface area contributed by atoms with Gasteiger partial charge in [-0.1, -0.05) is 13.3 Å². The molecule has 0 saturated carbocycles. The number of carboxylic acid groups (broad SMARTS) is 1. The molecule has 0 aromatic heterocycles. The van der Waals surface area contributed by atoms with E-state index in [2.05, 4.69) is 5.32 Å². The first-order chi connectivity index (χ1) is 7.11. The van der Waals surface area contributed by atoms with Gasteiger partial charge in [-0.25, -0.2) is 9.78 Å². The first-order valence-electron chi connectivity index (χ1n) is 5.35. The highest BCUT2D eigenvalue weighted by molar-refractivity contribution is 5.72. The maximum Gasteiger partial charge on any atom is 0.320 e. The van der Waals surface area contributed by atoms with Crippen LogP contribution in [0.2, 0.25) is 0 Å². The summed E-state index contributed by atoms with van der Waals surface area (Å²) in [5.41, 5.74) is 0. The fourth-order valence-electron chi connectivity index (χ4n) is 1.20. The molecule has 0 aliphatic carbocycles. The van der Waals surface area contributed by atoms with Crippen molar-refractivity contribution in [3.8, 4) is 0 Å². The Morgan fingerprint density at radius 2 is 2.07 bits per heavy atom. The monoisotopic (exact) mass is 219 g/mol. The van der Waals surface area contributed by atoms with Crippen molar-refractivity contribution < 1.29 is 19.7 Å². The number of rotatable bonds is 9. The summed E-state index contributed by atoms with van der Waals surface area (Å²) < 4.78 is 0. The van der Waals surface area contributed by atoms with Crippen molar-refractivity contribution in [2.75, 3.05) is 13.2 Å². The van der Waals surface area contributed by atoms with Gasteiger partial charge >= 0.3 is 5.97 Å². The molecule has 0 saturated heterocycles. The third-order valence-corrected chi connectivity index (χ3v) is 1.96. The Morgan fingerprint density at radius 1 is 1.40 bits per heavy atom. The van der Waals surface area contributed by atoms with E-state index < -0.39 is 12.0 Å². The van der Waals surface area contributed by atoms with Crippen LogP contribution in [0.15, 0.2) is 0 Å². The highest BCUT2D eigenvalue weighted by atomic mass is 17.2. The summed E-state index contributed by atoms with van der Waals surface area (Å²) in [5.74, 6) is -0.854.